The largest absolute Gasteiger partial charge is 0.350 e. The summed E-state index contributed by atoms with van der Waals surface area (Å²) in [5.41, 5.74) is 0.184. The van der Waals surface area contributed by atoms with E-state index in [-0.39, 0.29) is 26.2 Å². The summed E-state index contributed by atoms with van der Waals surface area (Å²) in [6.07, 6.45) is 1.03. The first kappa shape index (κ1) is 22.3. The van der Waals surface area contributed by atoms with Gasteiger partial charge in [-0.3, -0.25) is 9.59 Å². The molecule has 0 aliphatic carbocycles. The first-order valence-electron chi connectivity index (χ1n) is 9.42. The monoisotopic (exact) mass is 449 g/mol. The summed E-state index contributed by atoms with van der Waals surface area (Å²) in [6.45, 7) is 1.50. The fourth-order valence-electron chi connectivity index (χ4n) is 3.45. The van der Waals surface area contributed by atoms with Crippen LogP contribution in [0.4, 0.5) is 0 Å². The highest BCUT2D eigenvalue weighted by atomic mass is 35.5. The average molecular weight is 450 g/mol. The van der Waals surface area contributed by atoms with Gasteiger partial charge in [0.1, 0.15) is 5.54 Å². The summed E-state index contributed by atoms with van der Waals surface area (Å²) < 4.78 is 25.3. The van der Waals surface area contributed by atoms with Gasteiger partial charge in [0, 0.05) is 24.7 Å². The molecule has 1 fully saturated rings. The fraction of sp³-hybridized carbons (Fsp3) is 0.333. The zero-order valence-electron chi connectivity index (χ0n) is 16.8. The van der Waals surface area contributed by atoms with E-state index in [9.17, 15) is 18.0 Å². The van der Waals surface area contributed by atoms with Crippen molar-refractivity contribution < 1.29 is 18.0 Å². The van der Waals surface area contributed by atoms with Crippen molar-refractivity contribution in [1.82, 2.24) is 14.5 Å². The van der Waals surface area contributed by atoms with E-state index < -0.39 is 27.4 Å². The van der Waals surface area contributed by atoms with Gasteiger partial charge < -0.3 is 10.2 Å². The molecule has 0 bridgehead atoms. The van der Waals surface area contributed by atoms with Crippen LogP contribution < -0.4 is 5.32 Å². The molecule has 1 saturated heterocycles. The summed E-state index contributed by atoms with van der Waals surface area (Å²) in [5.74, 6) is -0.885. The Morgan fingerprint density at radius 2 is 1.77 bits per heavy atom. The molecule has 1 heterocycles. The number of nitrogens with zero attached hydrogens (tertiary/aromatic N) is 2. The van der Waals surface area contributed by atoms with Crippen LogP contribution >= 0.6 is 11.6 Å². The minimum atomic E-state index is -3.66. The quantitative estimate of drug-likeness (QED) is 0.730. The van der Waals surface area contributed by atoms with Crippen molar-refractivity contribution in [3.8, 4) is 0 Å². The number of halogens is 1. The second-order valence-electron chi connectivity index (χ2n) is 7.54. The molecule has 0 radical (unpaired) electrons. The maximum absolute atomic E-state index is 13.2. The number of rotatable bonds is 6. The lowest BCUT2D eigenvalue weighted by molar-refractivity contribution is -0.153. The molecule has 2 aromatic carbocycles. The molecule has 3 rings (SSSR count). The predicted octanol–water partition coefficient (Wildman–Crippen LogP) is 2.02. The van der Waals surface area contributed by atoms with E-state index in [2.05, 4.69) is 5.32 Å². The Bertz CT molecular complexity index is 1050. The van der Waals surface area contributed by atoms with Gasteiger partial charge in [0.25, 0.3) is 0 Å². The molecule has 160 valence electrons. The molecule has 1 atom stereocenters. The minimum Gasteiger partial charge on any atom is -0.350 e. The van der Waals surface area contributed by atoms with Crippen molar-refractivity contribution in [1.29, 1.82) is 0 Å². The summed E-state index contributed by atoms with van der Waals surface area (Å²) in [6, 6.07) is 16.4. The highest BCUT2D eigenvalue weighted by Gasteiger charge is 2.49. The fourth-order valence-corrected chi connectivity index (χ4v) is 4.48. The van der Waals surface area contributed by atoms with Gasteiger partial charge in [0.05, 0.1) is 12.8 Å². The number of carbonyl (C=O) groups is 2. The van der Waals surface area contributed by atoms with Crippen molar-refractivity contribution in [3.63, 3.8) is 0 Å². The molecule has 9 heteroatoms. The summed E-state index contributed by atoms with van der Waals surface area (Å²) >= 11 is 6.26. The maximum Gasteiger partial charge on any atom is 0.247 e. The Labute approximate surface area is 181 Å². The van der Waals surface area contributed by atoms with E-state index in [1.54, 1.807) is 31.2 Å². The van der Waals surface area contributed by atoms with Gasteiger partial charge >= 0.3 is 0 Å². The second-order valence-corrected chi connectivity index (χ2v) is 9.93. The molecule has 2 aromatic rings. The standard InChI is InChI=1S/C21H24ClN3O4S/c1-21(20(27)23-12-16-8-4-3-5-9-16)15-24(30(2,28)29)14-19(26)25(21)13-17-10-6-7-11-18(17)22/h3-11H,12-15H2,1-2H3,(H,23,27)/t21-/m1/s1. The first-order chi connectivity index (χ1) is 14.1. The number of amides is 2. The SMILES string of the molecule is C[C@]1(C(=O)NCc2ccccc2)CN(S(C)(=O)=O)CC(=O)N1Cc1ccccc1Cl. The van der Waals surface area contributed by atoms with Gasteiger partial charge in [0.2, 0.25) is 21.8 Å². The molecule has 0 spiro atoms. The summed E-state index contributed by atoms with van der Waals surface area (Å²) in [4.78, 5) is 27.6. The van der Waals surface area contributed by atoms with Crippen molar-refractivity contribution in [3.05, 3.63) is 70.7 Å². The lowest BCUT2D eigenvalue weighted by Crippen LogP contribution is -2.69. The zero-order valence-corrected chi connectivity index (χ0v) is 18.4. The Hall–Kier alpha value is -2.42. The Kier molecular flexibility index (Phi) is 6.50. The maximum atomic E-state index is 13.2. The molecule has 1 aliphatic heterocycles. The van der Waals surface area contributed by atoms with Crippen LogP contribution in [0.3, 0.4) is 0 Å². The van der Waals surface area contributed by atoms with E-state index >= 15 is 0 Å². The molecule has 0 unspecified atom stereocenters. The molecule has 2 amide bonds. The molecule has 1 aliphatic rings. The lowest BCUT2D eigenvalue weighted by Gasteiger charge is -2.46. The Morgan fingerprint density at radius 3 is 2.40 bits per heavy atom. The number of nitrogens with one attached hydrogen (secondary N) is 1. The van der Waals surface area contributed by atoms with Crippen LogP contribution in [0.25, 0.3) is 0 Å². The smallest absolute Gasteiger partial charge is 0.247 e. The van der Waals surface area contributed by atoms with Crippen molar-refractivity contribution in [2.75, 3.05) is 19.3 Å². The number of hydrogen-bond donors (Lipinski definition) is 1. The number of piperazine rings is 1. The first-order valence-corrected chi connectivity index (χ1v) is 11.6. The van der Waals surface area contributed by atoms with Crippen molar-refractivity contribution in [2.24, 2.45) is 0 Å². The van der Waals surface area contributed by atoms with Crippen LogP contribution in [0.5, 0.6) is 0 Å². The van der Waals surface area contributed by atoms with Crippen LogP contribution in [0.2, 0.25) is 5.02 Å². The van der Waals surface area contributed by atoms with E-state index in [1.807, 2.05) is 30.3 Å². The number of sulfonamides is 1. The van der Waals surface area contributed by atoms with Gasteiger partial charge in [-0.25, -0.2) is 8.42 Å². The van der Waals surface area contributed by atoms with Gasteiger partial charge in [-0.05, 0) is 24.1 Å². The third-order valence-electron chi connectivity index (χ3n) is 5.23. The molecular weight excluding hydrogens is 426 g/mol. The molecule has 7 nitrogen and oxygen atoms in total. The number of carbonyl (C=O) groups excluding carboxylic acids is 2. The summed E-state index contributed by atoms with van der Waals surface area (Å²) in [5, 5.41) is 3.32. The topological polar surface area (TPSA) is 86.8 Å². The average Bonchev–Trinajstić information content (AvgIpc) is 2.70. The normalized spacial score (nSPS) is 20.2. The minimum absolute atomic E-state index is 0.103. The van der Waals surface area contributed by atoms with E-state index in [4.69, 9.17) is 11.6 Å². The number of hydrogen-bond acceptors (Lipinski definition) is 4. The van der Waals surface area contributed by atoms with Crippen molar-refractivity contribution >= 4 is 33.4 Å². The van der Waals surface area contributed by atoms with Gasteiger partial charge in [-0.15, -0.1) is 0 Å². The number of benzene rings is 2. The summed E-state index contributed by atoms with van der Waals surface area (Å²) in [7, 11) is -3.66. The van der Waals surface area contributed by atoms with Gasteiger partial charge in [-0.2, -0.15) is 4.31 Å². The van der Waals surface area contributed by atoms with Gasteiger partial charge in [-0.1, -0.05) is 60.1 Å². The molecular formula is C21H24ClN3O4S. The van der Waals surface area contributed by atoms with E-state index in [0.29, 0.717) is 10.6 Å². The highest BCUT2D eigenvalue weighted by molar-refractivity contribution is 7.88. The van der Waals surface area contributed by atoms with Gasteiger partial charge in [0.15, 0.2) is 0 Å². The predicted molar refractivity (Wildman–Crippen MR) is 115 cm³/mol. The second kappa shape index (κ2) is 8.75. The third-order valence-corrected chi connectivity index (χ3v) is 6.80. The van der Waals surface area contributed by atoms with Crippen LogP contribution in [-0.2, 0) is 32.7 Å². The lowest BCUT2D eigenvalue weighted by atomic mass is 9.94. The van der Waals surface area contributed by atoms with Crippen molar-refractivity contribution in [2.45, 2.75) is 25.6 Å². The molecule has 0 saturated carbocycles. The van der Waals surface area contributed by atoms with Crippen LogP contribution in [-0.4, -0.2) is 54.3 Å². The molecule has 1 N–H and O–H groups in total. The highest BCUT2D eigenvalue weighted by Crippen LogP contribution is 2.28. The zero-order chi connectivity index (χ0) is 21.9. The third kappa shape index (κ3) is 4.83. The van der Waals surface area contributed by atoms with Crippen LogP contribution in [0.1, 0.15) is 18.1 Å². The van der Waals surface area contributed by atoms with E-state index in [0.717, 1.165) is 16.1 Å². The Morgan fingerprint density at radius 1 is 1.13 bits per heavy atom. The molecule has 0 aromatic heterocycles. The van der Waals surface area contributed by atoms with Crippen LogP contribution in [0, 0.1) is 0 Å². The Balaban J connectivity index is 1.91. The van der Waals surface area contributed by atoms with E-state index in [1.165, 1.54) is 4.90 Å². The molecule has 30 heavy (non-hydrogen) atoms. The van der Waals surface area contributed by atoms with Crippen LogP contribution in [0.15, 0.2) is 54.6 Å².